The van der Waals surface area contributed by atoms with Gasteiger partial charge in [0.25, 0.3) is 0 Å². The second-order valence-corrected chi connectivity index (χ2v) is 6.66. The van der Waals surface area contributed by atoms with Crippen LogP contribution in [0.5, 0.6) is 0 Å². The maximum atomic E-state index is 11.6. The molecule has 1 aromatic carbocycles. The van der Waals surface area contributed by atoms with Crippen molar-refractivity contribution in [3.63, 3.8) is 0 Å². The van der Waals surface area contributed by atoms with Gasteiger partial charge in [-0.1, -0.05) is 30.7 Å². The molecule has 0 unspecified atom stereocenters. The Labute approximate surface area is 133 Å². The van der Waals surface area contributed by atoms with Crippen LogP contribution in [0.15, 0.2) is 24.3 Å². The highest BCUT2D eigenvalue weighted by molar-refractivity contribution is 5.73. The van der Waals surface area contributed by atoms with Crippen molar-refractivity contribution < 1.29 is 4.79 Å². The van der Waals surface area contributed by atoms with Crippen molar-refractivity contribution in [1.82, 2.24) is 15.5 Å². The number of likely N-dealkylation sites (tertiary alicyclic amines) is 1. The normalized spacial score (nSPS) is 18.9. The number of hydrogen-bond acceptors (Lipinski definition) is 2. The van der Waals surface area contributed by atoms with Crippen LogP contribution in [-0.4, -0.2) is 30.6 Å². The molecule has 2 aliphatic rings. The lowest BCUT2D eigenvalue weighted by molar-refractivity contribution is 0.221. The van der Waals surface area contributed by atoms with Crippen molar-refractivity contribution in [2.75, 3.05) is 19.6 Å². The van der Waals surface area contributed by atoms with Crippen molar-refractivity contribution in [3.05, 3.63) is 35.4 Å². The van der Waals surface area contributed by atoms with Crippen molar-refractivity contribution in [3.8, 4) is 0 Å². The molecule has 1 aliphatic carbocycles. The molecule has 2 amide bonds. The predicted molar refractivity (Wildman–Crippen MR) is 88.5 cm³/mol. The molecule has 0 radical (unpaired) electrons. The van der Waals surface area contributed by atoms with Crippen LogP contribution in [0, 0.1) is 5.92 Å². The Morgan fingerprint density at radius 1 is 1.00 bits per heavy atom. The van der Waals surface area contributed by atoms with Gasteiger partial charge in [0.05, 0.1) is 0 Å². The first-order valence-electron chi connectivity index (χ1n) is 8.61. The van der Waals surface area contributed by atoms with Crippen molar-refractivity contribution in [2.24, 2.45) is 5.92 Å². The quantitative estimate of drug-likeness (QED) is 0.848. The molecule has 0 spiro atoms. The minimum atomic E-state index is -0.0516. The van der Waals surface area contributed by atoms with Crippen LogP contribution < -0.4 is 10.6 Å². The Morgan fingerprint density at radius 2 is 1.68 bits per heavy atom. The lowest BCUT2D eigenvalue weighted by Crippen LogP contribution is -2.36. The highest BCUT2D eigenvalue weighted by atomic mass is 16.2. The molecule has 1 saturated heterocycles. The number of amides is 2. The first-order chi connectivity index (χ1) is 10.8. The van der Waals surface area contributed by atoms with Gasteiger partial charge < -0.3 is 10.6 Å². The first-order valence-corrected chi connectivity index (χ1v) is 8.61. The molecule has 120 valence electrons. The van der Waals surface area contributed by atoms with E-state index in [1.54, 1.807) is 0 Å². The number of carbonyl (C=O) groups is 1. The zero-order valence-electron chi connectivity index (χ0n) is 13.3. The summed E-state index contributed by atoms with van der Waals surface area (Å²) >= 11 is 0. The van der Waals surface area contributed by atoms with E-state index in [0.29, 0.717) is 6.54 Å². The summed E-state index contributed by atoms with van der Waals surface area (Å²) in [7, 11) is 0. The summed E-state index contributed by atoms with van der Waals surface area (Å²) in [6.45, 7) is 4.92. The fourth-order valence-corrected chi connectivity index (χ4v) is 2.94. The van der Waals surface area contributed by atoms with Gasteiger partial charge in [-0.3, -0.25) is 4.90 Å². The summed E-state index contributed by atoms with van der Waals surface area (Å²) in [6, 6.07) is 8.58. The summed E-state index contributed by atoms with van der Waals surface area (Å²) in [5.41, 5.74) is 2.52. The van der Waals surface area contributed by atoms with Crippen LogP contribution in [0.3, 0.4) is 0 Å². The summed E-state index contributed by atoms with van der Waals surface area (Å²) in [6.07, 6.45) is 6.57. The highest BCUT2D eigenvalue weighted by Crippen LogP contribution is 2.27. The summed E-state index contributed by atoms with van der Waals surface area (Å²) in [5.74, 6) is 0.722. The second kappa shape index (κ2) is 7.63. The Hall–Kier alpha value is -1.55. The van der Waals surface area contributed by atoms with Crippen molar-refractivity contribution in [2.45, 2.75) is 45.2 Å². The number of carbonyl (C=O) groups excluding carboxylic acids is 1. The highest BCUT2D eigenvalue weighted by Gasteiger charge is 2.21. The molecular weight excluding hydrogens is 274 g/mol. The molecule has 2 N–H and O–H groups in total. The van der Waals surface area contributed by atoms with Gasteiger partial charge in [-0.15, -0.1) is 0 Å². The predicted octanol–water partition coefficient (Wildman–Crippen LogP) is 2.88. The second-order valence-electron chi connectivity index (χ2n) is 6.66. The standard InChI is InChI=1S/C18H27N3O/c22-18(19-12-15-4-5-15)20-13-16-6-8-17(9-7-16)14-21-10-2-1-3-11-21/h6-9,15H,1-5,10-14H2,(H2,19,20,22). The topological polar surface area (TPSA) is 44.4 Å². The van der Waals surface area contributed by atoms with Gasteiger partial charge in [0.2, 0.25) is 0 Å². The Bertz CT molecular complexity index is 476. The van der Waals surface area contributed by atoms with Gasteiger partial charge in [-0.2, -0.15) is 0 Å². The van der Waals surface area contributed by atoms with E-state index in [0.717, 1.165) is 24.6 Å². The van der Waals surface area contributed by atoms with E-state index in [2.05, 4.69) is 39.8 Å². The van der Waals surface area contributed by atoms with Crippen LogP contribution >= 0.6 is 0 Å². The summed E-state index contributed by atoms with van der Waals surface area (Å²) in [4.78, 5) is 14.2. The van der Waals surface area contributed by atoms with Crippen LogP contribution in [-0.2, 0) is 13.1 Å². The number of hydrogen-bond donors (Lipinski definition) is 2. The molecule has 4 heteroatoms. The third-order valence-corrected chi connectivity index (χ3v) is 4.58. The SMILES string of the molecule is O=C(NCc1ccc(CN2CCCCC2)cc1)NCC1CC1. The van der Waals surface area contributed by atoms with E-state index in [1.165, 1.54) is 50.8 Å². The summed E-state index contributed by atoms with van der Waals surface area (Å²) in [5, 5.41) is 5.85. The van der Waals surface area contributed by atoms with E-state index in [-0.39, 0.29) is 6.03 Å². The molecule has 22 heavy (non-hydrogen) atoms. The fourth-order valence-electron chi connectivity index (χ4n) is 2.94. The Balaban J connectivity index is 1.39. The first kappa shape index (κ1) is 15.3. The molecule has 0 aromatic heterocycles. The summed E-state index contributed by atoms with van der Waals surface area (Å²) < 4.78 is 0. The van der Waals surface area contributed by atoms with E-state index < -0.39 is 0 Å². The number of urea groups is 1. The van der Waals surface area contributed by atoms with Crippen molar-refractivity contribution >= 4 is 6.03 Å². The number of rotatable bonds is 6. The number of piperidine rings is 1. The van der Waals surface area contributed by atoms with Gasteiger partial charge in [-0.05, 0) is 55.8 Å². The largest absolute Gasteiger partial charge is 0.338 e. The van der Waals surface area contributed by atoms with Gasteiger partial charge in [-0.25, -0.2) is 4.79 Å². The zero-order valence-corrected chi connectivity index (χ0v) is 13.3. The molecular formula is C18H27N3O. The molecule has 3 rings (SSSR count). The molecule has 1 aromatic rings. The minimum Gasteiger partial charge on any atom is -0.338 e. The molecule has 1 aliphatic heterocycles. The van der Waals surface area contributed by atoms with E-state index in [4.69, 9.17) is 0 Å². The smallest absolute Gasteiger partial charge is 0.315 e. The molecule has 1 saturated carbocycles. The van der Waals surface area contributed by atoms with Gasteiger partial charge in [0, 0.05) is 19.6 Å². The third-order valence-electron chi connectivity index (χ3n) is 4.58. The van der Waals surface area contributed by atoms with Crippen molar-refractivity contribution in [1.29, 1.82) is 0 Å². The lowest BCUT2D eigenvalue weighted by atomic mass is 10.1. The molecule has 0 atom stereocenters. The number of nitrogens with zero attached hydrogens (tertiary/aromatic N) is 1. The monoisotopic (exact) mass is 301 g/mol. The molecule has 0 bridgehead atoms. The molecule has 2 fully saturated rings. The maximum Gasteiger partial charge on any atom is 0.315 e. The Morgan fingerprint density at radius 3 is 2.36 bits per heavy atom. The van der Waals surface area contributed by atoms with E-state index in [9.17, 15) is 4.79 Å². The van der Waals surface area contributed by atoms with E-state index >= 15 is 0 Å². The lowest BCUT2D eigenvalue weighted by Gasteiger charge is -2.26. The molecule has 1 heterocycles. The van der Waals surface area contributed by atoms with Crippen LogP contribution in [0.2, 0.25) is 0 Å². The van der Waals surface area contributed by atoms with Crippen LogP contribution in [0.4, 0.5) is 4.79 Å². The van der Waals surface area contributed by atoms with Crippen LogP contribution in [0.1, 0.15) is 43.2 Å². The zero-order chi connectivity index (χ0) is 15.2. The van der Waals surface area contributed by atoms with Crippen LogP contribution in [0.25, 0.3) is 0 Å². The van der Waals surface area contributed by atoms with E-state index in [1.807, 2.05) is 0 Å². The maximum absolute atomic E-state index is 11.6. The fraction of sp³-hybridized carbons (Fsp3) is 0.611. The minimum absolute atomic E-state index is 0.0516. The van der Waals surface area contributed by atoms with Gasteiger partial charge >= 0.3 is 6.03 Å². The third kappa shape index (κ3) is 5.02. The average molecular weight is 301 g/mol. The average Bonchev–Trinajstić information content (AvgIpc) is 3.38. The van der Waals surface area contributed by atoms with Gasteiger partial charge in [0.15, 0.2) is 0 Å². The number of benzene rings is 1. The Kier molecular flexibility index (Phi) is 5.33. The van der Waals surface area contributed by atoms with Gasteiger partial charge in [0.1, 0.15) is 0 Å². The number of nitrogens with one attached hydrogen (secondary N) is 2. The molecule has 4 nitrogen and oxygen atoms in total.